The molecule has 2 aromatic rings. The number of hydrogen-bond acceptors (Lipinski definition) is 6. The van der Waals surface area contributed by atoms with Gasteiger partial charge in [-0.25, -0.2) is 9.19 Å². The van der Waals surface area contributed by atoms with Crippen molar-refractivity contribution in [3.05, 3.63) is 42.0 Å². The highest BCUT2D eigenvalue weighted by Gasteiger charge is 2.28. The van der Waals surface area contributed by atoms with Crippen molar-refractivity contribution in [1.29, 1.82) is 5.26 Å². The lowest BCUT2D eigenvalue weighted by Gasteiger charge is -2.26. The fourth-order valence-electron chi connectivity index (χ4n) is 2.89. The van der Waals surface area contributed by atoms with Gasteiger partial charge in [0.05, 0.1) is 29.5 Å². The maximum absolute atomic E-state index is 12.8. The van der Waals surface area contributed by atoms with Crippen LogP contribution in [0.3, 0.4) is 0 Å². The number of anilines is 3. The molecule has 9 nitrogen and oxygen atoms in total. The Bertz CT molecular complexity index is 955. The van der Waals surface area contributed by atoms with Gasteiger partial charge in [-0.2, -0.15) is 5.26 Å². The van der Waals surface area contributed by atoms with Crippen LogP contribution in [0.5, 0.6) is 0 Å². The first-order valence-electron chi connectivity index (χ1n) is 9.25. The Hall–Kier alpha value is -3.03. The molecule has 1 fully saturated rings. The molecule has 0 bridgehead atoms. The van der Waals surface area contributed by atoms with E-state index in [-0.39, 0.29) is 11.4 Å². The van der Waals surface area contributed by atoms with Crippen molar-refractivity contribution in [1.82, 2.24) is 9.97 Å². The summed E-state index contributed by atoms with van der Waals surface area (Å²) >= 11 is -2.46. The lowest BCUT2D eigenvalue weighted by Crippen LogP contribution is -2.43. The predicted octanol–water partition coefficient (Wildman–Crippen LogP) is 2.63. The molecule has 152 valence electrons. The SMILES string of the molecule is CCNc1cc(C2CC2)ncc1NC(=O)C(C)N(c1ccc(C#N)nc1)S(=O)O. The van der Waals surface area contributed by atoms with Gasteiger partial charge in [0.2, 0.25) is 5.91 Å². The monoisotopic (exact) mass is 414 g/mol. The Morgan fingerprint density at radius 2 is 2.14 bits per heavy atom. The zero-order valence-electron chi connectivity index (χ0n) is 16.1. The van der Waals surface area contributed by atoms with Crippen molar-refractivity contribution in [2.75, 3.05) is 21.5 Å². The number of nitrogens with one attached hydrogen (secondary N) is 2. The molecule has 0 spiro atoms. The zero-order valence-corrected chi connectivity index (χ0v) is 16.9. The average Bonchev–Trinajstić information content (AvgIpc) is 3.55. The number of carbonyl (C=O) groups is 1. The normalized spacial score (nSPS) is 15.1. The molecule has 2 heterocycles. The van der Waals surface area contributed by atoms with E-state index in [2.05, 4.69) is 20.6 Å². The van der Waals surface area contributed by atoms with Crippen LogP contribution in [0.25, 0.3) is 0 Å². The standard InChI is InChI=1S/C19H22N6O3S/c1-3-21-17-8-16(13-4-5-13)23-11-18(17)24-19(26)12(2)25(29(27)28)15-7-6-14(9-20)22-10-15/h6-8,10-13H,3-5H2,1-2H3,(H,21,23)(H,24,26)(H,27,28). The number of nitrogens with zero attached hydrogens (tertiary/aromatic N) is 4. The summed E-state index contributed by atoms with van der Waals surface area (Å²) in [4.78, 5) is 21.1. The summed E-state index contributed by atoms with van der Waals surface area (Å²) in [6, 6.07) is 5.73. The zero-order chi connectivity index (χ0) is 21.0. The van der Waals surface area contributed by atoms with E-state index in [0.717, 1.165) is 28.5 Å². The Labute approximate surface area is 171 Å². The van der Waals surface area contributed by atoms with Gasteiger partial charge in [0.1, 0.15) is 17.8 Å². The molecule has 29 heavy (non-hydrogen) atoms. The van der Waals surface area contributed by atoms with Gasteiger partial charge in [-0.05, 0) is 44.9 Å². The molecule has 0 aliphatic heterocycles. The summed E-state index contributed by atoms with van der Waals surface area (Å²) in [5, 5.41) is 14.9. The first-order valence-corrected chi connectivity index (χ1v) is 10.3. The van der Waals surface area contributed by atoms with E-state index < -0.39 is 23.2 Å². The number of aromatic nitrogens is 2. The second-order valence-corrected chi connectivity index (χ2v) is 7.55. The van der Waals surface area contributed by atoms with Crippen LogP contribution in [0.4, 0.5) is 17.1 Å². The second kappa shape index (κ2) is 8.98. The van der Waals surface area contributed by atoms with Gasteiger partial charge in [0.25, 0.3) is 11.3 Å². The van der Waals surface area contributed by atoms with Crippen molar-refractivity contribution in [3.8, 4) is 6.07 Å². The van der Waals surface area contributed by atoms with Crippen molar-refractivity contribution in [3.63, 3.8) is 0 Å². The molecule has 2 aromatic heterocycles. The highest BCUT2D eigenvalue weighted by atomic mass is 32.2. The summed E-state index contributed by atoms with van der Waals surface area (Å²) < 4.78 is 22.6. The minimum absolute atomic E-state index is 0.173. The topological polar surface area (TPSA) is 131 Å². The molecule has 1 amide bonds. The van der Waals surface area contributed by atoms with Crippen molar-refractivity contribution >= 4 is 34.2 Å². The van der Waals surface area contributed by atoms with Crippen LogP contribution in [0.2, 0.25) is 0 Å². The molecule has 3 rings (SSSR count). The van der Waals surface area contributed by atoms with E-state index in [1.807, 2.05) is 19.1 Å². The van der Waals surface area contributed by atoms with Gasteiger partial charge in [-0.3, -0.25) is 18.6 Å². The minimum atomic E-state index is -2.46. The number of rotatable bonds is 8. The number of carbonyl (C=O) groups excluding carboxylic acids is 1. The van der Waals surface area contributed by atoms with Gasteiger partial charge in [0, 0.05) is 18.2 Å². The first kappa shape index (κ1) is 20.7. The van der Waals surface area contributed by atoms with Gasteiger partial charge >= 0.3 is 0 Å². The summed E-state index contributed by atoms with van der Waals surface area (Å²) in [5.74, 6) is 0.00384. The molecule has 1 aliphatic rings. The lowest BCUT2D eigenvalue weighted by atomic mass is 10.2. The molecule has 0 radical (unpaired) electrons. The molecule has 3 N–H and O–H groups in total. The fourth-order valence-corrected chi connectivity index (χ4v) is 3.54. The average molecular weight is 414 g/mol. The summed E-state index contributed by atoms with van der Waals surface area (Å²) in [6.45, 7) is 4.15. The van der Waals surface area contributed by atoms with Crippen LogP contribution in [0.15, 0.2) is 30.6 Å². The Balaban J connectivity index is 1.80. The number of hydrogen-bond donors (Lipinski definition) is 3. The van der Waals surface area contributed by atoms with Gasteiger partial charge in [-0.15, -0.1) is 0 Å². The van der Waals surface area contributed by atoms with E-state index in [1.165, 1.54) is 25.3 Å². The summed E-state index contributed by atoms with van der Waals surface area (Å²) in [7, 11) is 0. The number of pyridine rings is 2. The van der Waals surface area contributed by atoms with E-state index >= 15 is 0 Å². The lowest BCUT2D eigenvalue weighted by molar-refractivity contribution is -0.116. The van der Waals surface area contributed by atoms with E-state index in [4.69, 9.17) is 5.26 Å². The number of amides is 1. The van der Waals surface area contributed by atoms with Crippen molar-refractivity contribution < 1.29 is 13.6 Å². The second-order valence-electron chi connectivity index (χ2n) is 6.69. The molecule has 2 unspecified atom stereocenters. The molecule has 0 aromatic carbocycles. The maximum atomic E-state index is 12.8. The fraction of sp³-hybridized carbons (Fsp3) is 0.368. The van der Waals surface area contributed by atoms with E-state index in [1.54, 1.807) is 6.20 Å². The largest absolute Gasteiger partial charge is 0.384 e. The Kier molecular flexibility index (Phi) is 6.41. The van der Waals surface area contributed by atoms with Crippen LogP contribution in [-0.2, 0) is 16.1 Å². The molecule has 1 aliphatic carbocycles. The summed E-state index contributed by atoms with van der Waals surface area (Å²) in [5.41, 5.74) is 2.69. The molecule has 1 saturated carbocycles. The van der Waals surface area contributed by atoms with Crippen LogP contribution in [0, 0.1) is 11.3 Å². The van der Waals surface area contributed by atoms with Crippen LogP contribution < -0.4 is 14.9 Å². The third kappa shape index (κ3) is 4.88. The smallest absolute Gasteiger partial charge is 0.262 e. The van der Waals surface area contributed by atoms with Crippen molar-refractivity contribution in [2.45, 2.75) is 38.6 Å². The summed E-state index contributed by atoms with van der Waals surface area (Å²) in [6.07, 6.45) is 5.14. The van der Waals surface area contributed by atoms with Gasteiger partial charge < -0.3 is 10.6 Å². The highest BCUT2D eigenvalue weighted by molar-refractivity contribution is 7.80. The minimum Gasteiger partial charge on any atom is -0.384 e. The third-order valence-corrected chi connectivity index (χ3v) is 5.43. The Morgan fingerprint density at radius 3 is 2.69 bits per heavy atom. The molecule has 10 heteroatoms. The van der Waals surface area contributed by atoms with Gasteiger partial charge in [-0.1, -0.05) is 0 Å². The van der Waals surface area contributed by atoms with Crippen LogP contribution in [0.1, 0.15) is 44.0 Å². The van der Waals surface area contributed by atoms with E-state index in [9.17, 15) is 13.6 Å². The molecular formula is C19H22N6O3S. The molecule has 2 atom stereocenters. The van der Waals surface area contributed by atoms with Gasteiger partial charge in [0.15, 0.2) is 0 Å². The maximum Gasteiger partial charge on any atom is 0.262 e. The van der Waals surface area contributed by atoms with Crippen molar-refractivity contribution in [2.24, 2.45) is 0 Å². The van der Waals surface area contributed by atoms with E-state index in [0.29, 0.717) is 18.2 Å². The quantitative estimate of drug-likeness (QED) is 0.566. The molecular weight excluding hydrogens is 392 g/mol. The molecule has 0 saturated heterocycles. The highest BCUT2D eigenvalue weighted by Crippen LogP contribution is 2.40. The predicted molar refractivity (Wildman–Crippen MR) is 111 cm³/mol. The Morgan fingerprint density at radius 1 is 1.38 bits per heavy atom. The third-order valence-electron chi connectivity index (χ3n) is 4.56. The first-order chi connectivity index (χ1) is 13.9. The number of nitriles is 1. The van der Waals surface area contributed by atoms with Crippen LogP contribution in [-0.4, -0.2) is 37.2 Å². The van der Waals surface area contributed by atoms with Crippen LogP contribution >= 0.6 is 0 Å².